The summed E-state index contributed by atoms with van der Waals surface area (Å²) in [6.45, 7) is 4.56. The van der Waals surface area contributed by atoms with Crippen LogP contribution in [-0.2, 0) is 14.3 Å². The summed E-state index contributed by atoms with van der Waals surface area (Å²) in [7, 11) is 0. The summed E-state index contributed by atoms with van der Waals surface area (Å²) < 4.78 is 10.7. The second-order valence-electron chi connectivity index (χ2n) is 3.93. The molecule has 2 atom stereocenters. The highest BCUT2D eigenvalue weighted by atomic mass is 16.6. The molecule has 14 heavy (non-hydrogen) atoms. The summed E-state index contributed by atoms with van der Waals surface area (Å²) in [5.74, 6) is -0.0880. The number of esters is 1. The van der Waals surface area contributed by atoms with Crippen LogP contribution < -0.4 is 0 Å². The molecule has 0 saturated carbocycles. The van der Waals surface area contributed by atoms with Crippen molar-refractivity contribution in [3.63, 3.8) is 0 Å². The number of ether oxygens (including phenoxy) is 2. The fourth-order valence-corrected chi connectivity index (χ4v) is 1.59. The quantitative estimate of drug-likeness (QED) is 0.639. The van der Waals surface area contributed by atoms with Crippen molar-refractivity contribution in [1.29, 1.82) is 0 Å². The molecule has 82 valence electrons. The molecule has 0 spiro atoms. The van der Waals surface area contributed by atoms with E-state index >= 15 is 0 Å². The van der Waals surface area contributed by atoms with Crippen LogP contribution in [0.25, 0.3) is 0 Å². The van der Waals surface area contributed by atoms with Gasteiger partial charge in [0, 0.05) is 6.42 Å². The van der Waals surface area contributed by atoms with Crippen molar-refractivity contribution in [1.82, 2.24) is 0 Å². The van der Waals surface area contributed by atoms with E-state index in [4.69, 9.17) is 9.47 Å². The Bertz CT molecular complexity index is 179. The van der Waals surface area contributed by atoms with Gasteiger partial charge >= 0.3 is 5.97 Å². The SMILES string of the molecule is CCCCC(=O)OCC1CCC(C)O1. The van der Waals surface area contributed by atoms with Crippen molar-refractivity contribution in [2.75, 3.05) is 6.61 Å². The maximum atomic E-state index is 11.2. The van der Waals surface area contributed by atoms with Crippen LogP contribution in [0.15, 0.2) is 0 Å². The Kier molecular flexibility index (Phi) is 4.94. The summed E-state index contributed by atoms with van der Waals surface area (Å²) >= 11 is 0. The lowest BCUT2D eigenvalue weighted by molar-refractivity contribution is -0.147. The first-order valence-electron chi connectivity index (χ1n) is 5.53. The van der Waals surface area contributed by atoms with E-state index in [0.717, 1.165) is 25.7 Å². The lowest BCUT2D eigenvalue weighted by atomic mass is 10.2. The molecule has 1 heterocycles. The van der Waals surface area contributed by atoms with E-state index in [-0.39, 0.29) is 12.1 Å². The molecule has 1 rings (SSSR count). The van der Waals surface area contributed by atoms with Crippen LogP contribution in [0.2, 0.25) is 0 Å². The molecule has 3 nitrogen and oxygen atoms in total. The molecule has 3 heteroatoms. The van der Waals surface area contributed by atoms with Gasteiger partial charge in [0.05, 0.1) is 12.2 Å². The van der Waals surface area contributed by atoms with E-state index < -0.39 is 0 Å². The topological polar surface area (TPSA) is 35.5 Å². The van der Waals surface area contributed by atoms with Gasteiger partial charge in [-0.3, -0.25) is 4.79 Å². The molecule has 0 amide bonds. The Balaban J connectivity index is 2.05. The summed E-state index contributed by atoms with van der Waals surface area (Å²) in [6.07, 6.45) is 5.05. The minimum Gasteiger partial charge on any atom is -0.463 e. The van der Waals surface area contributed by atoms with Gasteiger partial charge in [0.15, 0.2) is 0 Å². The molecule has 0 aromatic heterocycles. The lowest BCUT2D eigenvalue weighted by Crippen LogP contribution is -2.18. The molecular formula is C11H20O3. The number of unbranched alkanes of at least 4 members (excludes halogenated alkanes) is 1. The van der Waals surface area contributed by atoms with Gasteiger partial charge in [-0.05, 0) is 26.2 Å². The average molecular weight is 200 g/mol. The third-order valence-electron chi connectivity index (χ3n) is 2.48. The number of hydrogen-bond acceptors (Lipinski definition) is 3. The van der Waals surface area contributed by atoms with E-state index in [0.29, 0.717) is 19.1 Å². The number of carbonyl (C=O) groups excluding carboxylic acids is 1. The van der Waals surface area contributed by atoms with Gasteiger partial charge in [-0.25, -0.2) is 0 Å². The van der Waals surface area contributed by atoms with E-state index in [2.05, 4.69) is 13.8 Å². The standard InChI is InChI=1S/C11H20O3/c1-3-4-5-11(12)13-8-10-7-6-9(2)14-10/h9-10H,3-8H2,1-2H3. The van der Waals surface area contributed by atoms with Gasteiger partial charge in [0.25, 0.3) is 0 Å². The maximum Gasteiger partial charge on any atom is 0.305 e. The van der Waals surface area contributed by atoms with E-state index in [1.165, 1.54) is 0 Å². The van der Waals surface area contributed by atoms with Crippen molar-refractivity contribution in [2.45, 2.75) is 58.2 Å². The first-order chi connectivity index (χ1) is 6.72. The Hall–Kier alpha value is -0.570. The second kappa shape index (κ2) is 6.02. The van der Waals surface area contributed by atoms with Gasteiger partial charge in [-0.1, -0.05) is 13.3 Å². The second-order valence-corrected chi connectivity index (χ2v) is 3.93. The fraction of sp³-hybridized carbons (Fsp3) is 0.909. The third-order valence-corrected chi connectivity index (χ3v) is 2.48. The monoisotopic (exact) mass is 200 g/mol. The summed E-state index contributed by atoms with van der Waals surface area (Å²) in [5, 5.41) is 0. The molecule has 0 aromatic carbocycles. The fourth-order valence-electron chi connectivity index (χ4n) is 1.59. The molecule has 0 N–H and O–H groups in total. The van der Waals surface area contributed by atoms with Gasteiger partial charge in [-0.2, -0.15) is 0 Å². The normalized spacial score (nSPS) is 26.4. The zero-order valence-electron chi connectivity index (χ0n) is 9.12. The van der Waals surface area contributed by atoms with Crippen LogP contribution in [0, 0.1) is 0 Å². The molecule has 0 radical (unpaired) electrons. The molecule has 0 aromatic rings. The minimum absolute atomic E-state index is 0.0880. The highest BCUT2D eigenvalue weighted by molar-refractivity contribution is 5.69. The van der Waals surface area contributed by atoms with Crippen molar-refractivity contribution >= 4 is 5.97 Å². The van der Waals surface area contributed by atoms with Crippen LogP contribution in [0.5, 0.6) is 0 Å². The first-order valence-corrected chi connectivity index (χ1v) is 5.53. The Morgan fingerprint density at radius 1 is 1.50 bits per heavy atom. The Labute approximate surface area is 85.8 Å². The lowest BCUT2D eigenvalue weighted by Gasteiger charge is -2.11. The smallest absolute Gasteiger partial charge is 0.305 e. The van der Waals surface area contributed by atoms with Gasteiger partial charge in [0.1, 0.15) is 6.61 Å². The Morgan fingerprint density at radius 2 is 2.29 bits per heavy atom. The van der Waals surface area contributed by atoms with Crippen LogP contribution >= 0.6 is 0 Å². The van der Waals surface area contributed by atoms with Gasteiger partial charge < -0.3 is 9.47 Å². The van der Waals surface area contributed by atoms with E-state index in [1.807, 2.05) is 0 Å². The third kappa shape index (κ3) is 4.09. The van der Waals surface area contributed by atoms with Crippen LogP contribution in [-0.4, -0.2) is 24.8 Å². The van der Waals surface area contributed by atoms with Crippen LogP contribution in [0.4, 0.5) is 0 Å². The van der Waals surface area contributed by atoms with Crippen molar-refractivity contribution in [3.8, 4) is 0 Å². The molecule has 1 aliphatic heterocycles. The predicted octanol–water partition coefficient (Wildman–Crippen LogP) is 2.29. The van der Waals surface area contributed by atoms with E-state index in [1.54, 1.807) is 0 Å². The molecular weight excluding hydrogens is 180 g/mol. The average Bonchev–Trinajstić information content (AvgIpc) is 2.58. The molecule has 1 fully saturated rings. The summed E-state index contributed by atoms with van der Waals surface area (Å²) in [6, 6.07) is 0. The number of hydrogen-bond donors (Lipinski definition) is 0. The van der Waals surface area contributed by atoms with Crippen LogP contribution in [0.1, 0.15) is 46.0 Å². The first kappa shape index (κ1) is 11.5. The van der Waals surface area contributed by atoms with Crippen LogP contribution in [0.3, 0.4) is 0 Å². The molecule has 1 aliphatic rings. The molecule has 0 aliphatic carbocycles. The summed E-state index contributed by atoms with van der Waals surface area (Å²) in [4.78, 5) is 11.2. The largest absolute Gasteiger partial charge is 0.463 e. The molecule has 0 bridgehead atoms. The highest BCUT2D eigenvalue weighted by Gasteiger charge is 2.22. The zero-order chi connectivity index (χ0) is 10.4. The van der Waals surface area contributed by atoms with Crippen molar-refractivity contribution < 1.29 is 14.3 Å². The van der Waals surface area contributed by atoms with E-state index in [9.17, 15) is 4.79 Å². The Morgan fingerprint density at radius 3 is 2.86 bits per heavy atom. The van der Waals surface area contributed by atoms with Crippen molar-refractivity contribution in [3.05, 3.63) is 0 Å². The van der Waals surface area contributed by atoms with Gasteiger partial charge in [-0.15, -0.1) is 0 Å². The van der Waals surface area contributed by atoms with Gasteiger partial charge in [0.2, 0.25) is 0 Å². The predicted molar refractivity (Wildman–Crippen MR) is 54.1 cm³/mol. The van der Waals surface area contributed by atoms with Crippen molar-refractivity contribution in [2.24, 2.45) is 0 Å². The zero-order valence-corrected chi connectivity index (χ0v) is 9.12. The molecule has 1 saturated heterocycles. The summed E-state index contributed by atoms with van der Waals surface area (Å²) in [5.41, 5.74) is 0. The number of rotatable bonds is 5. The maximum absolute atomic E-state index is 11.2. The number of carbonyl (C=O) groups is 1. The highest BCUT2D eigenvalue weighted by Crippen LogP contribution is 2.19. The molecule has 2 unspecified atom stereocenters. The minimum atomic E-state index is -0.0880.